The van der Waals surface area contributed by atoms with Gasteiger partial charge in [0.25, 0.3) is 0 Å². The number of nitrogens with zero attached hydrogens (tertiary/aromatic N) is 10. The number of para-hydroxylation sites is 5. The van der Waals surface area contributed by atoms with Gasteiger partial charge in [0.15, 0.2) is 34.2 Å². The topological polar surface area (TPSA) is 150 Å². The van der Waals surface area contributed by atoms with E-state index in [0.717, 1.165) is 194 Å². The van der Waals surface area contributed by atoms with Gasteiger partial charge < -0.3 is 22.1 Å². The van der Waals surface area contributed by atoms with Crippen LogP contribution >= 0.6 is 0 Å². The second-order valence-electron chi connectivity index (χ2n) is 33.4. The van der Waals surface area contributed by atoms with E-state index in [1.807, 2.05) is 179 Å². The van der Waals surface area contributed by atoms with Crippen LogP contribution in [-0.4, -0.2) is 24.9 Å². The van der Waals surface area contributed by atoms with Crippen LogP contribution in [0.3, 0.4) is 0 Å². The van der Waals surface area contributed by atoms with Crippen molar-refractivity contribution in [2.45, 2.75) is 62.2 Å². The van der Waals surface area contributed by atoms with E-state index in [9.17, 15) is 0 Å². The van der Waals surface area contributed by atoms with Crippen LogP contribution in [0.15, 0.2) is 333 Å². The summed E-state index contributed by atoms with van der Waals surface area (Å²) in [6.07, 6.45) is 16.2. The number of aromatic nitrogens is 10. The summed E-state index contributed by atoms with van der Waals surface area (Å²) in [5.74, 6) is 3.43. The van der Waals surface area contributed by atoms with Crippen molar-refractivity contribution in [3.8, 4) is 56.8 Å². The van der Waals surface area contributed by atoms with Gasteiger partial charge in [-0.25, -0.2) is 23.3 Å². The standard InChI is InChI=1S/4C23H19N2O.C22H17N2O/c1-14-13-25(3)19(12-24-14)21-15(2)16-8-4-5-9-17(16)22-18-10-6-7-11-20(18)26-23(21)22;2*1-14-12-24-23(25(3)13-14)20-15(2)16-8-4-5-9-17(16)21-18-10-6-7-11-19(18)26-22(20)21;1-14-12-13-25(3)23(24-14)20-15(2)16-8-4-5-9-17(16)21-18-10-6-7-11-19(18)26-22(20)21;1-14-15-8-3-4-9-16(15)20-17-10-5-6-11-18(17)25-21(20)19(14)22-23-12-7-13-24(22)2/h4*4-13H,1-3H3;3-13H,1-2H3/q5*+1/i2*1D3;;;. The van der Waals surface area contributed by atoms with Crippen LogP contribution in [0.2, 0.25) is 0 Å². The molecule has 0 fully saturated rings. The predicted octanol–water partition coefficient (Wildman–Crippen LogP) is 25.9. The molecule has 0 unspecified atom stereocenters. The van der Waals surface area contributed by atoms with Crippen LogP contribution in [0.5, 0.6) is 0 Å². The maximum Gasteiger partial charge on any atom is 0.334 e. The van der Waals surface area contributed by atoms with Crippen LogP contribution in [0.1, 0.15) is 58.6 Å². The molecule has 0 saturated heterocycles. The first kappa shape index (κ1) is 73.4. The molecule has 25 rings (SSSR count). The zero-order chi connectivity index (χ0) is 93.3. The van der Waals surface area contributed by atoms with E-state index in [0.29, 0.717) is 5.82 Å². The lowest BCUT2D eigenvalue weighted by atomic mass is 9.93. The normalized spacial score (nSPS) is 12.5. The minimum atomic E-state index is -2.25. The molecule has 0 amide bonds. The van der Waals surface area contributed by atoms with Crippen molar-refractivity contribution in [2.24, 2.45) is 35.2 Å². The van der Waals surface area contributed by atoms with Gasteiger partial charge in [0.1, 0.15) is 87.1 Å². The van der Waals surface area contributed by atoms with Crippen LogP contribution in [0.25, 0.3) is 220 Å². The summed E-state index contributed by atoms with van der Waals surface area (Å²) in [5.41, 5.74) is 22.6. The Bertz CT molecular complexity index is 8960. The van der Waals surface area contributed by atoms with Crippen LogP contribution in [0.4, 0.5) is 0 Å². The molecule has 15 aromatic carbocycles. The molecule has 0 saturated carbocycles. The molecule has 10 aromatic heterocycles. The Balaban J connectivity index is 0.000000101. The van der Waals surface area contributed by atoms with Gasteiger partial charge in [0.05, 0.1) is 64.7 Å². The largest absolute Gasteiger partial charge is 0.455 e. The van der Waals surface area contributed by atoms with Crippen molar-refractivity contribution in [1.29, 1.82) is 0 Å². The highest BCUT2D eigenvalue weighted by Crippen LogP contribution is 2.49. The molecule has 0 radical (unpaired) electrons. The second kappa shape index (κ2) is 32.2. The molecule has 624 valence electrons. The summed E-state index contributed by atoms with van der Waals surface area (Å²) in [6.45, 7) is 10.2. The molecule has 0 N–H and O–H groups in total. The van der Waals surface area contributed by atoms with Crippen molar-refractivity contribution < 1.29 is 53.1 Å². The molecule has 0 atom stereocenters. The molecular weight excluding hydrogens is 1590 g/mol. The predicted molar refractivity (Wildman–Crippen MR) is 521 cm³/mol. The maximum absolute atomic E-state index is 7.66. The van der Waals surface area contributed by atoms with Gasteiger partial charge in [-0.15, -0.1) is 0 Å². The second-order valence-corrected chi connectivity index (χ2v) is 33.4. The molecule has 15 nitrogen and oxygen atoms in total. The Labute approximate surface area is 752 Å². The van der Waals surface area contributed by atoms with Crippen LogP contribution in [0, 0.1) is 62.2 Å². The average Bonchev–Trinajstić information content (AvgIpc) is 1.63. The third-order valence-corrected chi connectivity index (χ3v) is 25.4. The van der Waals surface area contributed by atoms with Gasteiger partial charge in [-0.1, -0.05) is 212 Å². The number of fused-ring (bicyclic) bond motifs is 25. The molecule has 0 bridgehead atoms. The lowest BCUT2D eigenvalue weighted by molar-refractivity contribution is -0.663. The molecular formula is C114H93N10O5+5. The van der Waals surface area contributed by atoms with Crippen molar-refractivity contribution in [2.75, 3.05) is 0 Å². The fourth-order valence-corrected chi connectivity index (χ4v) is 19.4. The molecule has 129 heavy (non-hydrogen) atoms. The van der Waals surface area contributed by atoms with Gasteiger partial charge in [-0.05, 0) is 187 Å². The SMILES string of the molecule is Cc1c(-c2nccc[n+]2C)c2oc3ccccc3c2c2ccccc12.Cc1cc[n+](C)c(-c2c(C)c3ccccc3c3c2oc2ccccc23)n1.Cc1cnc(-c2c(C)c3ccccc3c3c2oc2ccccc23)[n+](C)c1.[2H]C([2H])([2H])c1c[n+](C)c(-c2c(C)c3ccccc3c3c2oc2ccccc23)cn1.[2H]C([2H])([2H])c1cnc(-c2c(C)c3ccccc3c3c2oc2ccccc23)[n+](C)c1. The molecule has 0 aliphatic heterocycles. The first-order valence-electron chi connectivity index (χ1n) is 46.1. The highest BCUT2D eigenvalue weighted by atomic mass is 16.3. The summed E-state index contributed by atoms with van der Waals surface area (Å²) < 4.78 is 87.4. The number of furan rings is 5. The van der Waals surface area contributed by atoms with Crippen molar-refractivity contribution >= 4 is 164 Å². The third kappa shape index (κ3) is 13.5. The summed E-state index contributed by atoms with van der Waals surface area (Å²) >= 11 is 0. The first-order chi connectivity index (χ1) is 65.3. The van der Waals surface area contributed by atoms with E-state index in [2.05, 4.69) is 224 Å². The Morgan fingerprint density at radius 1 is 0.240 bits per heavy atom. The highest BCUT2D eigenvalue weighted by Gasteiger charge is 2.32. The fourth-order valence-electron chi connectivity index (χ4n) is 19.4. The zero-order valence-corrected chi connectivity index (χ0v) is 73.5. The minimum Gasteiger partial charge on any atom is -0.455 e. The quantitative estimate of drug-likeness (QED) is 0.152. The lowest BCUT2D eigenvalue weighted by Gasteiger charge is -2.10. The fraction of sp³-hybridized carbons (Fsp3) is 0.123. The number of hydrogen-bond donors (Lipinski definition) is 0. The van der Waals surface area contributed by atoms with E-state index in [-0.39, 0.29) is 11.3 Å². The minimum absolute atomic E-state index is 0.0723. The smallest absolute Gasteiger partial charge is 0.334 e. The molecule has 10 heterocycles. The molecule has 0 spiro atoms. The van der Waals surface area contributed by atoms with Crippen molar-refractivity contribution in [1.82, 2.24) is 24.9 Å². The van der Waals surface area contributed by atoms with E-state index >= 15 is 0 Å². The Hall–Kier alpha value is -16.0. The Morgan fingerprint density at radius 2 is 0.535 bits per heavy atom. The van der Waals surface area contributed by atoms with Gasteiger partial charge in [0, 0.05) is 92.3 Å². The van der Waals surface area contributed by atoms with Gasteiger partial charge in [-0.2, -0.15) is 4.57 Å². The number of aryl methyl sites for hydroxylation is 14. The van der Waals surface area contributed by atoms with E-state index < -0.39 is 13.7 Å². The van der Waals surface area contributed by atoms with E-state index in [1.54, 1.807) is 23.2 Å². The molecule has 25 aromatic rings. The van der Waals surface area contributed by atoms with E-state index in [4.69, 9.17) is 40.3 Å². The summed E-state index contributed by atoms with van der Waals surface area (Å²) in [7, 11) is 9.75. The van der Waals surface area contributed by atoms with Gasteiger partial charge in [-0.3, -0.25) is 0 Å². The number of benzene rings is 15. The number of rotatable bonds is 5. The Kier molecular flexibility index (Phi) is 18.3. The van der Waals surface area contributed by atoms with Gasteiger partial charge in [0.2, 0.25) is 5.69 Å². The van der Waals surface area contributed by atoms with Crippen LogP contribution in [-0.2, 0) is 35.2 Å². The monoisotopic (exact) mass is 1690 g/mol. The van der Waals surface area contributed by atoms with Crippen molar-refractivity contribution in [3.63, 3.8) is 0 Å². The third-order valence-electron chi connectivity index (χ3n) is 25.4. The van der Waals surface area contributed by atoms with Gasteiger partial charge >= 0.3 is 23.3 Å². The van der Waals surface area contributed by atoms with Crippen molar-refractivity contribution in [3.05, 3.63) is 361 Å². The summed E-state index contributed by atoms with van der Waals surface area (Å²) in [6, 6.07) is 86.9. The number of hydrogen-bond acceptors (Lipinski definition) is 10. The highest BCUT2D eigenvalue weighted by molar-refractivity contribution is 6.28. The maximum atomic E-state index is 7.66. The van der Waals surface area contributed by atoms with Crippen LogP contribution < -0.4 is 22.8 Å². The Morgan fingerprint density at radius 3 is 0.868 bits per heavy atom. The molecule has 0 aliphatic rings. The summed E-state index contributed by atoms with van der Waals surface area (Å²) in [4.78, 5) is 23.0. The first-order valence-corrected chi connectivity index (χ1v) is 43.1. The van der Waals surface area contributed by atoms with E-state index in [1.165, 1.54) is 66.0 Å². The molecule has 0 aliphatic carbocycles. The molecule has 15 heteroatoms. The lowest BCUT2D eigenvalue weighted by Crippen LogP contribution is -2.32. The average molecular weight is 1690 g/mol. The summed E-state index contributed by atoms with van der Waals surface area (Å²) in [5, 5.41) is 23.1. The zero-order valence-electron chi connectivity index (χ0n) is 79.5.